The Morgan fingerprint density at radius 2 is 1.84 bits per heavy atom. The maximum absolute atomic E-state index is 12.4. The Morgan fingerprint density at radius 3 is 2.48 bits per heavy atom. The van der Waals surface area contributed by atoms with Gasteiger partial charge >= 0.3 is 0 Å². The number of halogens is 1. The summed E-state index contributed by atoms with van der Waals surface area (Å²) in [6.07, 6.45) is 1.57. The number of aromatic nitrogens is 1. The van der Waals surface area contributed by atoms with Gasteiger partial charge in [-0.2, -0.15) is 0 Å². The lowest BCUT2D eigenvalue weighted by atomic mass is 10.2. The quantitative estimate of drug-likeness (QED) is 0.714. The molecular weight excluding hydrogens is 334 g/mol. The molecule has 4 nitrogen and oxygen atoms in total. The number of benzene rings is 2. The summed E-state index contributed by atoms with van der Waals surface area (Å²) < 4.78 is 0. The van der Waals surface area contributed by atoms with Crippen LogP contribution in [-0.4, -0.2) is 17.9 Å². The van der Waals surface area contributed by atoms with Crippen LogP contribution in [0.4, 0.5) is 17.2 Å². The Morgan fingerprint density at radius 1 is 1.08 bits per heavy atom. The smallest absolute Gasteiger partial charge is 0.257 e. The standard InChI is InChI=1S/C20H18ClN3O/c1-14-8-10-16(12-18(14)21)23-20(25)15-9-11-19(22-13-15)24(2)17-6-4-3-5-7-17/h3-13H,1-2H3,(H,23,25). The number of rotatable bonds is 4. The van der Waals surface area contributed by atoms with Crippen molar-refractivity contribution in [2.24, 2.45) is 0 Å². The first-order valence-electron chi connectivity index (χ1n) is 7.87. The number of carbonyl (C=O) groups is 1. The Hall–Kier alpha value is -2.85. The molecule has 1 aromatic heterocycles. The molecule has 0 unspecified atom stereocenters. The van der Waals surface area contributed by atoms with Gasteiger partial charge in [-0.25, -0.2) is 4.98 Å². The number of aryl methyl sites for hydroxylation is 1. The Kier molecular flexibility index (Phi) is 5.00. The molecule has 0 radical (unpaired) electrons. The van der Waals surface area contributed by atoms with E-state index in [9.17, 15) is 4.79 Å². The normalized spacial score (nSPS) is 10.4. The van der Waals surface area contributed by atoms with Crippen molar-refractivity contribution >= 4 is 34.7 Å². The van der Waals surface area contributed by atoms with E-state index in [1.807, 2.05) is 67.4 Å². The minimum absolute atomic E-state index is 0.221. The Balaban J connectivity index is 1.73. The first kappa shape index (κ1) is 17.0. The van der Waals surface area contributed by atoms with Crippen LogP contribution >= 0.6 is 11.6 Å². The van der Waals surface area contributed by atoms with E-state index >= 15 is 0 Å². The molecule has 0 fully saturated rings. The number of nitrogens with one attached hydrogen (secondary N) is 1. The highest BCUT2D eigenvalue weighted by Gasteiger charge is 2.10. The summed E-state index contributed by atoms with van der Waals surface area (Å²) in [7, 11) is 1.94. The van der Waals surface area contributed by atoms with Crippen molar-refractivity contribution in [3.8, 4) is 0 Å². The maximum atomic E-state index is 12.4. The summed E-state index contributed by atoms with van der Waals surface area (Å²) in [5.41, 5.74) is 3.14. The Bertz CT molecular complexity index is 879. The third-order valence-corrected chi connectivity index (χ3v) is 4.33. The maximum Gasteiger partial charge on any atom is 0.257 e. The van der Waals surface area contributed by atoms with Gasteiger partial charge in [0.05, 0.1) is 5.56 Å². The minimum atomic E-state index is -0.221. The molecule has 2 aromatic carbocycles. The summed E-state index contributed by atoms with van der Waals surface area (Å²) in [5.74, 6) is 0.544. The van der Waals surface area contributed by atoms with Gasteiger partial charge in [0.15, 0.2) is 0 Å². The summed E-state index contributed by atoms with van der Waals surface area (Å²) in [6.45, 7) is 1.92. The molecule has 5 heteroatoms. The van der Waals surface area contributed by atoms with Crippen molar-refractivity contribution in [1.29, 1.82) is 0 Å². The van der Waals surface area contributed by atoms with E-state index in [-0.39, 0.29) is 5.91 Å². The molecule has 3 aromatic rings. The molecule has 0 bridgehead atoms. The van der Waals surface area contributed by atoms with Gasteiger partial charge in [0.2, 0.25) is 0 Å². The predicted octanol–water partition coefficient (Wildman–Crippen LogP) is 5.06. The van der Waals surface area contributed by atoms with Crippen molar-refractivity contribution in [3.63, 3.8) is 0 Å². The molecular formula is C20H18ClN3O. The average Bonchev–Trinajstić information content (AvgIpc) is 2.65. The molecule has 0 aliphatic rings. The van der Waals surface area contributed by atoms with Crippen LogP contribution in [0.5, 0.6) is 0 Å². The van der Waals surface area contributed by atoms with Gasteiger partial charge in [-0.1, -0.05) is 35.9 Å². The highest BCUT2D eigenvalue weighted by molar-refractivity contribution is 6.31. The number of pyridine rings is 1. The second-order valence-electron chi connectivity index (χ2n) is 5.72. The monoisotopic (exact) mass is 351 g/mol. The lowest BCUT2D eigenvalue weighted by Gasteiger charge is -2.18. The SMILES string of the molecule is Cc1ccc(NC(=O)c2ccc(N(C)c3ccccc3)nc2)cc1Cl. The second kappa shape index (κ2) is 7.36. The molecule has 0 aliphatic carbocycles. The molecule has 0 spiro atoms. The Labute approximate surface area is 152 Å². The summed E-state index contributed by atoms with van der Waals surface area (Å²) in [6, 6.07) is 18.9. The second-order valence-corrected chi connectivity index (χ2v) is 6.12. The highest BCUT2D eigenvalue weighted by atomic mass is 35.5. The molecule has 126 valence electrons. The van der Waals surface area contributed by atoms with Crippen LogP contribution in [0.2, 0.25) is 5.02 Å². The highest BCUT2D eigenvalue weighted by Crippen LogP contribution is 2.22. The van der Waals surface area contributed by atoms with Crippen LogP contribution in [0.25, 0.3) is 0 Å². The van der Waals surface area contributed by atoms with Gasteiger partial charge < -0.3 is 10.2 Å². The number of hydrogen-bond donors (Lipinski definition) is 1. The zero-order valence-electron chi connectivity index (χ0n) is 14.0. The number of carbonyl (C=O) groups excluding carboxylic acids is 1. The van der Waals surface area contributed by atoms with Gasteiger partial charge in [0, 0.05) is 29.6 Å². The van der Waals surface area contributed by atoms with E-state index in [1.165, 1.54) is 0 Å². The van der Waals surface area contributed by atoms with Crippen LogP contribution in [0, 0.1) is 6.92 Å². The molecule has 0 aliphatic heterocycles. The zero-order valence-corrected chi connectivity index (χ0v) is 14.8. The van der Waals surface area contributed by atoms with Crippen molar-refractivity contribution < 1.29 is 4.79 Å². The van der Waals surface area contributed by atoms with Crippen LogP contribution in [0.1, 0.15) is 15.9 Å². The fourth-order valence-corrected chi connectivity index (χ4v) is 2.56. The number of hydrogen-bond acceptors (Lipinski definition) is 3. The van der Waals surface area contributed by atoms with Gasteiger partial charge in [-0.15, -0.1) is 0 Å². The first-order valence-corrected chi connectivity index (χ1v) is 8.25. The molecule has 1 N–H and O–H groups in total. The van der Waals surface area contributed by atoms with Gasteiger partial charge in [0.25, 0.3) is 5.91 Å². The molecule has 0 saturated heterocycles. The fraction of sp³-hybridized carbons (Fsp3) is 0.100. The first-order chi connectivity index (χ1) is 12.0. The van der Waals surface area contributed by atoms with E-state index in [0.717, 1.165) is 17.1 Å². The lowest BCUT2D eigenvalue weighted by Crippen LogP contribution is -2.14. The van der Waals surface area contributed by atoms with E-state index in [0.29, 0.717) is 16.3 Å². The number of amides is 1. The number of anilines is 3. The van der Waals surface area contributed by atoms with Crippen LogP contribution < -0.4 is 10.2 Å². The summed E-state index contributed by atoms with van der Waals surface area (Å²) in [5, 5.41) is 3.45. The summed E-state index contributed by atoms with van der Waals surface area (Å²) in [4.78, 5) is 18.7. The number of nitrogens with zero attached hydrogens (tertiary/aromatic N) is 2. The molecule has 1 heterocycles. The lowest BCUT2D eigenvalue weighted by molar-refractivity contribution is 0.102. The van der Waals surface area contributed by atoms with E-state index in [1.54, 1.807) is 18.3 Å². The molecule has 0 atom stereocenters. The van der Waals surface area contributed by atoms with Gasteiger partial charge in [-0.05, 0) is 48.9 Å². The van der Waals surface area contributed by atoms with Crippen molar-refractivity contribution in [2.75, 3.05) is 17.3 Å². The van der Waals surface area contributed by atoms with E-state index < -0.39 is 0 Å². The van der Waals surface area contributed by atoms with Crippen LogP contribution in [-0.2, 0) is 0 Å². The third kappa shape index (κ3) is 3.98. The van der Waals surface area contributed by atoms with Crippen molar-refractivity contribution in [3.05, 3.63) is 83.0 Å². The topological polar surface area (TPSA) is 45.2 Å². The van der Waals surface area contributed by atoms with Gasteiger partial charge in [-0.3, -0.25) is 4.79 Å². The van der Waals surface area contributed by atoms with Crippen molar-refractivity contribution in [2.45, 2.75) is 6.92 Å². The van der Waals surface area contributed by atoms with Crippen LogP contribution in [0.3, 0.4) is 0 Å². The van der Waals surface area contributed by atoms with Gasteiger partial charge in [0.1, 0.15) is 5.82 Å². The molecule has 3 rings (SSSR count). The fourth-order valence-electron chi connectivity index (χ4n) is 2.38. The third-order valence-electron chi connectivity index (χ3n) is 3.93. The molecule has 0 saturated carbocycles. The average molecular weight is 352 g/mol. The predicted molar refractivity (Wildman–Crippen MR) is 103 cm³/mol. The molecule has 1 amide bonds. The van der Waals surface area contributed by atoms with E-state index in [2.05, 4.69) is 10.3 Å². The van der Waals surface area contributed by atoms with Crippen molar-refractivity contribution in [1.82, 2.24) is 4.98 Å². The van der Waals surface area contributed by atoms with E-state index in [4.69, 9.17) is 11.6 Å². The van der Waals surface area contributed by atoms with Crippen LogP contribution in [0.15, 0.2) is 66.9 Å². The molecule has 25 heavy (non-hydrogen) atoms. The summed E-state index contributed by atoms with van der Waals surface area (Å²) >= 11 is 6.09. The minimum Gasteiger partial charge on any atom is -0.329 e. The largest absolute Gasteiger partial charge is 0.329 e. The zero-order chi connectivity index (χ0) is 17.8. The number of para-hydroxylation sites is 1.